The zero-order valence-corrected chi connectivity index (χ0v) is 21.1. The summed E-state index contributed by atoms with van der Waals surface area (Å²) in [6, 6.07) is 3.96. The molecule has 3 aliphatic rings. The van der Waals surface area contributed by atoms with E-state index in [1.165, 1.54) is 63.5 Å². The Balaban J connectivity index is 0.00000210. The van der Waals surface area contributed by atoms with Crippen LogP contribution in [0.15, 0.2) is 18.2 Å². The van der Waals surface area contributed by atoms with Gasteiger partial charge in [-0.15, -0.1) is 0 Å². The molecule has 0 bridgehead atoms. The van der Waals surface area contributed by atoms with Crippen molar-refractivity contribution in [2.75, 3.05) is 0 Å². The fraction of sp³-hybridized carbons (Fsp3) is 0.682. The largest absolute Gasteiger partial charge is 1.00 e. The van der Waals surface area contributed by atoms with E-state index in [0.29, 0.717) is 11.7 Å². The van der Waals surface area contributed by atoms with Crippen molar-refractivity contribution in [3.8, 4) is 5.75 Å². The number of hydrogen-bond donors (Lipinski definition) is 0. The molecule has 0 amide bonds. The van der Waals surface area contributed by atoms with E-state index in [-0.39, 0.29) is 64.3 Å². The number of alkyl halides is 3. The second-order valence-corrected chi connectivity index (χ2v) is 8.39. The van der Waals surface area contributed by atoms with Crippen molar-refractivity contribution in [3.63, 3.8) is 0 Å². The third-order valence-corrected chi connectivity index (χ3v) is 6.86. The van der Waals surface area contributed by atoms with Crippen molar-refractivity contribution in [1.29, 1.82) is 0 Å². The number of rotatable bonds is 2. The molecule has 2 fully saturated rings. The second kappa shape index (κ2) is 9.62. The fourth-order valence-corrected chi connectivity index (χ4v) is 5.31. The molecule has 1 aliphatic heterocycles. The fourth-order valence-electron chi connectivity index (χ4n) is 5.31. The van der Waals surface area contributed by atoms with Crippen LogP contribution in [0.25, 0.3) is 0 Å². The number of benzene rings is 1. The van der Waals surface area contributed by atoms with Gasteiger partial charge in [-0.25, -0.2) is 0 Å². The van der Waals surface area contributed by atoms with Crippen molar-refractivity contribution in [2.45, 2.75) is 76.5 Å². The molecule has 0 aromatic heterocycles. The van der Waals surface area contributed by atoms with E-state index in [1.807, 2.05) is 0 Å². The van der Waals surface area contributed by atoms with Crippen LogP contribution < -0.4 is 62.9 Å². The van der Waals surface area contributed by atoms with Gasteiger partial charge in [-0.05, 0) is 74.0 Å². The topological polar surface area (TPSA) is 9.23 Å². The second-order valence-electron chi connectivity index (χ2n) is 8.39. The molecule has 0 N–H and O–H groups in total. The van der Waals surface area contributed by atoms with E-state index in [9.17, 15) is 13.2 Å². The van der Waals surface area contributed by atoms with Crippen molar-refractivity contribution in [1.82, 2.24) is 0 Å². The van der Waals surface area contributed by atoms with Gasteiger partial charge in [-0.2, -0.15) is 26.0 Å². The van der Waals surface area contributed by atoms with Crippen molar-refractivity contribution >= 4 is 0 Å². The van der Waals surface area contributed by atoms with Gasteiger partial charge >= 0.3 is 64.4 Å². The molecule has 2 aliphatic carbocycles. The van der Waals surface area contributed by atoms with Crippen LogP contribution >= 0.6 is 0 Å². The maximum atomic E-state index is 13.0. The minimum atomic E-state index is -4.30. The summed E-state index contributed by atoms with van der Waals surface area (Å²) in [5.74, 6) is 2.71. The maximum absolute atomic E-state index is 13.0. The molecule has 1 heterocycles. The van der Waals surface area contributed by atoms with Crippen LogP contribution in [-0.2, 0) is 12.6 Å². The summed E-state index contributed by atoms with van der Waals surface area (Å²) < 4.78 is 45.0. The molecule has 5 heteroatoms. The molecule has 0 saturated heterocycles. The number of halogens is 3. The minimum Gasteiger partial charge on any atom is -0.490 e. The molecule has 0 radical (unpaired) electrons. The van der Waals surface area contributed by atoms with Gasteiger partial charge in [0.1, 0.15) is 11.9 Å². The summed E-state index contributed by atoms with van der Waals surface area (Å²) in [7, 11) is 0. The number of ether oxygens (including phenoxy) is 1. The van der Waals surface area contributed by atoms with E-state index in [0.717, 1.165) is 30.2 Å². The molecule has 27 heavy (non-hydrogen) atoms. The van der Waals surface area contributed by atoms with Crippen LogP contribution in [0.2, 0.25) is 0 Å². The molecule has 1 atom stereocenters. The Labute approximate surface area is 209 Å². The van der Waals surface area contributed by atoms with Crippen LogP contribution in [0.3, 0.4) is 0 Å². The van der Waals surface area contributed by atoms with Crippen LogP contribution in [-0.4, -0.2) is 6.10 Å². The Morgan fingerprint density at radius 1 is 0.852 bits per heavy atom. The molecule has 1 unspecified atom stereocenters. The average molecular weight is 451 g/mol. The summed E-state index contributed by atoms with van der Waals surface area (Å²) in [4.78, 5) is 0. The third-order valence-electron chi connectivity index (χ3n) is 6.86. The van der Waals surface area contributed by atoms with Gasteiger partial charge in [0.2, 0.25) is 0 Å². The van der Waals surface area contributed by atoms with Crippen LogP contribution in [0.1, 0.15) is 68.9 Å². The monoisotopic (exact) mass is 450 g/mol. The summed E-state index contributed by atoms with van der Waals surface area (Å²) in [6.07, 6.45) is 10.1. The Bertz CT molecular complexity index is 616. The molecular weight excluding hydrogens is 423 g/mol. The van der Waals surface area contributed by atoms with E-state index in [1.54, 1.807) is 6.07 Å². The predicted octanol–water partition coefficient (Wildman–Crippen LogP) is 3.60. The van der Waals surface area contributed by atoms with Crippen LogP contribution in [0.4, 0.5) is 13.2 Å². The zero-order valence-electron chi connectivity index (χ0n) is 16.2. The Morgan fingerprint density at radius 2 is 1.48 bits per heavy atom. The van der Waals surface area contributed by atoms with Crippen LogP contribution in [0.5, 0.6) is 5.75 Å². The maximum Gasteiger partial charge on any atom is 1.00 e. The molecule has 1 aromatic carbocycles. The molecular formula is C22H28F3ORb. The van der Waals surface area contributed by atoms with E-state index >= 15 is 0 Å². The van der Waals surface area contributed by atoms with E-state index < -0.39 is 11.7 Å². The smallest absolute Gasteiger partial charge is 0.490 e. The molecule has 144 valence electrons. The van der Waals surface area contributed by atoms with Crippen molar-refractivity contribution in [3.05, 3.63) is 35.7 Å². The molecule has 4 rings (SSSR count). The third kappa shape index (κ3) is 5.41. The van der Waals surface area contributed by atoms with E-state index in [2.05, 4.69) is 6.42 Å². The molecule has 1 aromatic rings. The first-order chi connectivity index (χ1) is 12.5. The Kier molecular flexibility index (Phi) is 7.94. The molecule has 0 spiro atoms. The van der Waals surface area contributed by atoms with Crippen LogP contribution in [0, 0.1) is 24.2 Å². The average Bonchev–Trinajstić information content (AvgIpc) is 2.67. The zero-order chi connectivity index (χ0) is 18.1. The van der Waals surface area contributed by atoms with Gasteiger partial charge in [-0.1, -0.05) is 18.9 Å². The van der Waals surface area contributed by atoms with Gasteiger partial charge in [0.25, 0.3) is 0 Å². The minimum absolute atomic E-state index is 0. The van der Waals surface area contributed by atoms with Gasteiger partial charge in [0.15, 0.2) is 0 Å². The number of fused-ring (bicyclic) bond motifs is 1. The summed E-state index contributed by atoms with van der Waals surface area (Å²) in [6.45, 7) is 0. The van der Waals surface area contributed by atoms with Gasteiger partial charge in [0, 0.05) is 0 Å². The quantitative estimate of drug-likeness (QED) is 0.626. The van der Waals surface area contributed by atoms with Crippen molar-refractivity contribution < 1.29 is 76.1 Å². The number of aryl methyl sites for hydroxylation is 1. The first kappa shape index (κ1) is 22.3. The van der Waals surface area contributed by atoms with Gasteiger partial charge < -0.3 is 11.2 Å². The first-order valence-electron chi connectivity index (χ1n) is 10.2. The van der Waals surface area contributed by atoms with Gasteiger partial charge in [-0.3, -0.25) is 0 Å². The van der Waals surface area contributed by atoms with Crippen molar-refractivity contribution in [2.24, 2.45) is 17.8 Å². The predicted molar refractivity (Wildman–Crippen MR) is 95.9 cm³/mol. The van der Waals surface area contributed by atoms with E-state index in [4.69, 9.17) is 4.74 Å². The van der Waals surface area contributed by atoms with Gasteiger partial charge in [0.05, 0.1) is 5.56 Å². The number of hydrogen-bond acceptors (Lipinski definition) is 1. The Hall–Kier alpha value is 0.615. The summed E-state index contributed by atoms with van der Waals surface area (Å²) >= 11 is 0. The normalized spacial score (nSPS) is 29.4. The summed E-state index contributed by atoms with van der Waals surface area (Å²) in [5.41, 5.74) is 0.316. The molecule has 2 saturated carbocycles. The standard InChI is InChI=1S/C22H28F3O.Rb/c23-22(24,25)19-12-10-18-11-13-20(26-21(18)14-19)17-8-6-16(7-9-17)15-4-2-1-3-5-15;/h1,10,12,14-17,20H,2-9,11,13H2;/q-1;+1. The SMILES string of the molecule is FC(F)(F)c1ccc2c(c1)OC(C1CCC(C3CC[CH-]CC3)CC1)CC2.[Rb+]. The first-order valence-corrected chi connectivity index (χ1v) is 10.2. The Morgan fingerprint density at radius 3 is 2.15 bits per heavy atom. The molecule has 1 nitrogen and oxygen atoms in total. The summed E-state index contributed by atoms with van der Waals surface area (Å²) in [5, 5.41) is 0.